The van der Waals surface area contributed by atoms with Gasteiger partial charge in [0.2, 0.25) is 0 Å². The lowest BCUT2D eigenvalue weighted by molar-refractivity contribution is 0.0640. The van der Waals surface area contributed by atoms with E-state index in [9.17, 15) is 4.79 Å². The van der Waals surface area contributed by atoms with E-state index in [1.165, 1.54) is 6.42 Å². The third kappa shape index (κ3) is 3.12. The van der Waals surface area contributed by atoms with Crippen LogP contribution in [0, 0.1) is 5.92 Å². The van der Waals surface area contributed by atoms with Crippen molar-refractivity contribution < 1.29 is 9.21 Å². The summed E-state index contributed by atoms with van der Waals surface area (Å²) in [6.45, 7) is 8.94. The van der Waals surface area contributed by atoms with Crippen molar-refractivity contribution in [2.75, 3.05) is 26.2 Å². The number of carbonyl (C=O) groups excluding carboxylic acids is 1. The van der Waals surface area contributed by atoms with Gasteiger partial charge in [0.25, 0.3) is 5.89 Å². The van der Waals surface area contributed by atoms with Crippen LogP contribution in [0.5, 0.6) is 0 Å². The van der Waals surface area contributed by atoms with Crippen molar-refractivity contribution in [1.82, 2.24) is 14.8 Å². The average molecular weight is 291 g/mol. The maximum Gasteiger partial charge on any atom is 0.309 e. The van der Waals surface area contributed by atoms with Crippen LogP contribution in [0.25, 0.3) is 0 Å². The number of fused-ring (bicyclic) bond motifs is 1. The highest BCUT2D eigenvalue weighted by atomic mass is 16.4. The number of nitrogens with zero attached hydrogens (tertiary/aromatic N) is 3. The fourth-order valence-corrected chi connectivity index (χ4v) is 3.36. The molecule has 1 fully saturated rings. The van der Waals surface area contributed by atoms with Crippen LogP contribution < -0.4 is 0 Å². The second kappa shape index (κ2) is 6.18. The normalized spacial score (nSPS) is 23.1. The number of rotatable bonds is 3. The molecule has 0 spiro atoms. The van der Waals surface area contributed by atoms with Gasteiger partial charge in [0.1, 0.15) is 5.76 Å². The van der Waals surface area contributed by atoms with Gasteiger partial charge >= 0.3 is 5.91 Å². The summed E-state index contributed by atoms with van der Waals surface area (Å²) in [5.41, 5.74) is 0.961. The maximum atomic E-state index is 12.5. The molecule has 21 heavy (non-hydrogen) atoms. The Bertz CT molecular complexity index is 512. The number of oxazole rings is 1. The molecule has 0 aromatic carbocycles. The number of hydrogen-bond donors (Lipinski definition) is 0. The molecule has 0 aliphatic carbocycles. The molecule has 0 N–H and O–H groups in total. The van der Waals surface area contributed by atoms with Crippen LogP contribution in [0.15, 0.2) is 4.42 Å². The van der Waals surface area contributed by atoms with Crippen LogP contribution in [-0.2, 0) is 13.0 Å². The lowest BCUT2D eigenvalue weighted by Gasteiger charge is -2.29. The van der Waals surface area contributed by atoms with Gasteiger partial charge in [-0.15, -0.1) is 0 Å². The summed E-state index contributed by atoms with van der Waals surface area (Å²) < 4.78 is 5.75. The molecule has 1 aromatic heterocycles. The minimum absolute atomic E-state index is 0.0296. The van der Waals surface area contributed by atoms with Crippen molar-refractivity contribution in [3.8, 4) is 0 Å². The maximum absolute atomic E-state index is 12.5. The van der Waals surface area contributed by atoms with E-state index in [4.69, 9.17) is 4.42 Å². The van der Waals surface area contributed by atoms with Gasteiger partial charge in [0.15, 0.2) is 0 Å². The molecule has 5 nitrogen and oxygen atoms in total. The molecule has 1 amide bonds. The highest BCUT2D eigenvalue weighted by molar-refractivity contribution is 5.89. The van der Waals surface area contributed by atoms with E-state index in [2.05, 4.69) is 23.7 Å². The monoisotopic (exact) mass is 291 g/mol. The van der Waals surface area contributed by atoms with Crippen LogP contribution in [0.2, 0.25) is 0 Å². The van der Waals surface area contributed by atoms with E-state index in [1.54, 1.807) is 0 Å². The predicted molar refractivity (Wildman–Crippen MR) is 80.1 cm³/mol. The molecular formula is C16H25N3O2. The molecule has 2 aliphatic rings. The Balaban J connectivity index is 1.71. The molecule has 2 aliphatic heterocycles. The number of carbonyl (C=O) groups is 1. The quantitative estimate of drug-likeness (QED) is 0.857. The minimum atomic E-state index is -0.0296. The summed E-state index contributed by atoms with van der Waals surface area (Å²) in [5.74, 6) is 1.76. The van der Waals surface area contributed by atoms with Crippen LogP contribution in [-0.4, -0.2) is 46.9 Å². The Morgan fingerprint density at radius 1 is 1.43 bits per heavy atom. The predicted octanol–water partition coefficient (Wildman–Crippen LogP) is 2.31. The molecule has 1 saturated heterocycles. The third-order valence-electron chi connectivity index (χ3n) is 4.47. The fraction of sp³-hybridized carbons (Fsp3) is 0.750. The van der Waals surface area contributed by atoms with Crippen molar-refractivity contribution >= 4 is 5.91 Å². The van der Waals surface area contributed by atoms with E-state index in [0.29, 0.717) is 11.8 Å². The molecule has 116 valence electrons. The van der Waals surface area contributed by atoms with Crippen LogP contribution >= 0.6 is 0 Å². The van der Waals surface area contributed by atoms with E-state index >= 15 is 0 Å². The van der Waals surface area contributed by atoms with E-state index in [-0.39, 0.29) is 5.91 Å². The van der Waals surface area contributed by atoms with Crippen molar-refractivity contribution in [2.24, 2.45) is 5.92 Å². The highest BCUT2D eigenvalue weighted by Crippen LogP contribution is 2.22. The Hall–Kier alpha value is -1.36. The lowest BCUT2D eigenvalue weighted by atomic mass is 10.0. The molecule has 0 saturated carbocycles. The van der Waals surface area contributed by atoms with E-state index in [0.717, 1.165) is 63.4 Å². The Morgan fingerprint density at radius 3 is 3.05 bits per heavy atom. The minimum Gasteiger partial charge on any atom is -0.437 e. The van der Waals surface area contributed by atoms with Crippen molar-refractivity contribution in [1.29, 1.82) is 0 Å². The molecule has 5 heteroatoms. The van der Waals surface area contributed by atoms with Gasteiger partial charge in [-0.1, -0.05) is 13.8 Å². The zero-order valence-corrected chi connectivity index (χ0v) is 13.1. The van der Waals surface area contributed by atoms with Gasteiger partial charge < -0.3 is 9.32 Å². The first kappa shape index (κ1) is 14.6. The second-order valence-corrected chi connectivity index (χ2v) is 6.41. The number of piperidine rings is 1. The molecule has 1 aromatic rings. The lowest BCUT2D eigenvalue weighted by Crippen LogP contribution is -2.39. The zero-order valence-electron chi connectivity index (χ0n) is 13.1. The van der Waals surface area contributed by atoms with Gasteiger partial charge in [-0.3, -0.25) is 9.69 Å². The molecule has 3 rings (SSSR count). The van der Waals surface area contributed by atoms with Crippen molar-refractivity contribution in [3.63, 3.8) is 0 Å². The van der Waals surface area contributed by atoms with Crippen LogP contribution in [0.4, 0.5) is 0 Å². The number of amides is 1. The Labute approximate surface area is 126 Å². The van der Waals surface area contributed by atoms with Crippen LogP contribution in [0.3, 0.4) is 0 Å². The molecule has 1 atom stereocenters. The van der Waals surface area contributed by atoms with E-state index in [1.807, 2.05) is 4.90 Å². The summed E-state index contributed by atoms with van der Waals surface area (Å²) in [6, 6.07) is 0. The Kier molecular flexibility index (Phi) is 4.29. The molecule has 0 radical (unpaired) electrons. The highest BCUT2D eigenvalue weighted by Gasteiger charge is 2.29. The average Bonchev–Trinajstić information content (AvgIpc) is 2.90. The first-order valence-corrected chi connectivity index (χ1v) is 8.17. The van der Waals surface area contributed by atoms with Crippen molar-refractivity contribution in [2.45, 2.75) is 46.1 Å². The van der Waals surface area contributed by atoms with Crippen molar-refractivity contribution in [3.05, 3.63) is 17.3 Å². The van der Waals surface area contributed by atoms with Gasteiger partial charge in [0.05, 0.1) is 5.69 Å². The largest absolute Gasteiger partial charge is 0.437 e. The molecule has 1 unspecified atom stereocenters. The van der Waals surface area contributed by atoms with Crippen LogP contribution in [0.1, 0.15) is 55.2 Å². The third-order valence-corrected chi connectivity index (χ3v) is 4.47. The molecule has 0 bridgehead atoms. The SMILES string of the molecule is CCCN1CCc2oc(C(=O)N3CCCC(C)C3)nc2C1. The smallest absolute Gasteiger partial charge is 0.309 e. The summed E-state index contributed by atoms with van der Waals surface area (Å²) in [6.07, 6.45) is 4.30. The van der Waals surface area contributed by atoms with Gasteiger partial charge in [-0.05, 0) is 31.7 Å². The second-order valence-electron chi connectivity index (χ2n) is 6.41. The zero-order chi connectivity index (χ0) is 14.8. The number of aromatic nitrogens is 1. The van der Waals surface area contributed by atoms with Gasteiger partial charge in [0, 0.05) is 32.6 Å². The molecular weight excluding hydrogens is 266 g/mol. The summed E-state index contributed by atoms with van der Waals surface area (Å²) in [5, 5.41) is 0. The standard InChI is InChI=1S/C16H25N3O2/c1-3-7-18-9-6-14-13(11-18)17-15(21-14)16(20)19-8-4-5-12(2)10-19/h12H,3-11H2,1-2H3. The van der Waals surface area contributed by atoms with E-state index < -0.39 is 0 Å². The summed E-state index contributed by atoms with van der Waals surface area (Å²) >= 11 is 0. The molecule has 3 heterocycles. The number of likely N-dealkylation sites (tertiary alicyclic amines) is 1. The Morgan fingerprint density at radius 2 is 2.29 bits per heavy atom. The summed E-state index contributed by atoms with van der Waals surface area (Å²) in [4.78, 5) is 21.3. The van der Waals surface area contributed by atoms with Gasteiger partial charge in [-0.25, -0.2) is 4.98 Å². The summed E-state index contributed by atoms with van der Waals surface area (Å²) in [7, 11) is 0. The fourth-order valence-electron chi connectivity index (χ4n) is 3.36. The number of hydrogen-bond acceptors (Lipinski definition) is 4. The first-order valence-electron chi connectivity index (χ1n) is 8.17. The topological polar surface area (TPSA) is 49.6 Å². The first-order chi connectivity index (χ1) is 10.2. The van der Waals surface area contributed by atoms with Gasteiger partial charge in [-0.2, -0.15) is 0 Å².